The Bertz CT molecular complexity index is 389. The van der Waals surface area contributed by atoms with Gasteiger partial charge in [0.05, 0.1) is 25.1 Å². The van der Waals surface area contributed by atoms with E-state index < -0.39 is 0 Å². The molecule has 1 aromatic rings. The van der Waals surface area contributed by atoms with Gasteiger partial charge in [0.2, 0.25) is 0 Å². The van der Waals surface area contributed by atoms with Crippen molar-refractivity contribution in [3.63, 3.8) is 0 Å². The fraction of sp³-hybridized carbons (Fsp3) is 0.500. The molecule has 2 heterocycles. The molecule has 1 fully saturated rings. The molecule has 2 rings (SSSR count). The molecule has 1 saturated heterocycles. The molecule has 5 nitrogen and oxygen atoms in total. The SMILES string of the molecule is CCc1cncc(NC(=O)N2CCOCC2)c1. The highest BCUT2D eigenvalue weighted by molar-refractivity contribution is 5.89. The summed E-state index contributed by atoms with van der Waals surface area (Å²) in [7, 11) is 0. The first-order valence-electron chi connectivity index (χ1n) is 5.87. The van der Waals surface area contributed by atoms with Crippen LogP contribution >= 0.6 is 0 Å². The lowest BCUT2D eigenvalue weighted by Gasteiger charge is -2.26. The van der Waals surface area contributed by atoms with Crippen LogP contribution in [0.4, 0.5) is 10.5 Å². The van der Waals surface area contributed by atoms with Crippen LogP contribution in [0.25, 0.3) is 0 Å². The summed E-state index contributed by atoms with van der Waals surface area (Å²) in [6.07, 6.45) is 4.39. The van der Waals surface area contributed by atoms with E-state index in [0.717, 1.165) is 17.7 Å². The van der Waals surface area contributed by atoms with Crippen molar-refractivity contribution in [2.75, 3.05) is 31.6 Å². The Balaban J connectivity index is 1.96. The second-order valence-electron chi connectivity index (χ2n) is 3.96. The smallest absolute Gasteiger partial charge is 0.322 e. The molecule has 1 aliphatic heterocycles. The number of rotatable bonds is 2. The van der Waals surface area contributed by atoms with E-state index in [1.807, 2.05) is 12.3 Å². The summed E-state index contributed by atoms with van der Waals surface area (Å²) < 4.78 is 5.20. The lowest BCUT2D eigenvalue weighted by atomic mass is 10.2. The third-order valence-corrected chi connectivity index (χ3v) is 2.75. The van der Waals surface area contributed by atoms with Crippen molar-refractivity contribution in [2.24, 2.45) is 0 Å². The van der Waals surface area contributed by atoms with Gasteiger partial charge in [-0.1, -0.05) is 6.92 Å². The molecule has 0 bridgehead atoms. The number of nitrogens with one attached hydrogen (secondary N) is 1. The molecule has 5 heteroatoms. The lowest BCUT2D eigenvalue weighted by molar-refractivity contribution is 0.0564. The van der Waals surface area contributed by atoms with Gasteiger partial charge < -0.3 is 15.0 Å². The number of pyridine rings is 1. The van der Waals surface area contributed by atoms with E-state index in [4.69, 9.17) is 4.74 Å². The second kappa shape index (κ2) is 5.63. The van der Waals surface area contributed by atoms with Crippen LogP contribution in [0.5, 0.6) is 0 Å². The van der Waals surface area contributed by atoms with E-state index in [9.17, 15) is 4.79 Å². The van der Waals surface area contributed by atoms with Crippen LogP contribution in [0.15, 0.2) is 18.5 Å². The van der Waals surface area contributed by atoms with Crippen molar-refractivity contribution in [3.8, 4) is 0 Å². The molecule has 0 radical (unpaired) electrons. The molecule has 2 amide bonds. The van der Waals surface area contributed by atoms with Crippen LogP contribution in [0, 0.1) is 0 Å². The molecule has 1 aromatic heterocycles. The number of aromatic nitrogens is 1. The van der Waals surface area contributed by atoms with Gasteiger partial charge in [0.1, 0.15) is 0 Å². The quantitative estimate of drug-likeness (QED) is 0.845. The van der Waals surface area contributed by atoms with Gasteiger partial charge >= 0.3 is 6.03 Å². The topological polar surface area (TPSA) is 54.5 Å². The first kappa shape index (κ1) is 11.9. The highest BCUT2D eigenvalue weighted by Crippen LogP contribution is 2.10. The third-order valence-electron chi connectivity index (χ3n) is 2.75. The molecule has 92 valence electrons. The van der Waals surface area contributed by atoms with E-state index >= 15 is 0 Å². The monoisotopic (exact) mass is 235 g/mol. The maximum absolute atomic E-state index is 11.9. The predicted molar refractivity (Wildman–Crippen MR) is 65.0 cm³/mol. The maximum Gasteiger partial charge on any atom is 0.322 e. The summed E-state index contributed by atoms with van der Waals surface area (Å²) in [6.45, 7) is 4.57. The number of carbonyl (C=O) groups excluding carboxylic acids is 1. The third kappa shape index (κ3) is 3.17. The molecule has 1 aliphatic rings. The summed E-state index contributed by atoms with van der Waals surface area (Å²) in [4.78, 5) is 17.7. The van der Waals surface area contributed by atoms with Crippen LogP contribution in [-0.2, 0) is 11.2 Å². The number of carbonyl (C=O) groups is 1. The predicted octanol–water partition coefficient (Wildman–Crippen LogP) is 1.51. The van der Waals surface area contributed by atoms with Crippen molar-refractivity contribution in [2.45, 2.75) is 13.3 Å². The Labute approximate surface area is 101 Å². The molecule has 0 saturated carbocycles. The van der Waals surface area contributed by atoms with E-state index in [-0.39, 0.29) is 6.03 Å². The van der Waals surface area contributed by atoms with Gasteiger partial charge in [0, 0.05) is 19.3 Å². The number of amides is 2. The molecule has 0 aliphatic carbocycles. The van der Waals surface area contributed by atoms with E-state index in [2.05, 4.69) is 17.2 Å². The highest BCUT2D eigenvalue weighted by Gasteiger charge is 2.16. The summed E-state index contributed by atoms with van der Waals surface area (Å²) in [5, 5.41) is 2.86. The van der Waals surface area contributed by atoms with Gasteiger partial charge in [-0.25, -0.2) is 4.79 Å². The Kier molecular flexibility index (Phi) is 3.93. The zero-order chi connectivity index (χ0) is 12.1. The molecule has 1 N–H and O–H groups in total. The van der Waals surface area contributed by atoms with Gasteiger partial charge in [-0.2, -0.15) is 0 Å². The Morgan fingerprint density at radius 1 is 1.47 bits per heavy atom. The number of ether oxygens (including phenoxy) is 1. The first-order chi connectivity index (χ1) is 8.29. The number of morpholine rings is 1. The standard InChI is InChI=1S/C12H17N3O2/c1-2-10-7-11(9-13-8-10)14-12(16)15-3-5-17-6-4-15/h7-9H,2-6H2,1H3,(H,14,16). The number of urea groups is 1. The maximum atomic E-state index is 11.9. The van der Waals surface area contributed by atoms with Gasteiger partial charge in [-0.05, 0) is 18.1 Å². The van der Waals surface area contributed by atoms with E-state index in [1.54, 1.807) is 11.1 Å². The summed E-state index contributed by atoms with van der Waals surface area (Å²) in [6, 6.07) is 1.87. The van der Waals surface area contributed by atoms with Crippen molar-refractivity contribution in [1.29, 1.82) is 0 Å². The van der Waals surface area contributed by atoms with E-state index in [0.29, 0.717) is 26.3 Å². The normalized spacial score (nSPS) is 15.7. The Morgan fingerprint density at radius 2 is 2.24 bits per heavy atom. The van der Waals surface area contributed by atoms with Gasteiger partial charge in [0.25, 0.3) is 0 Å². The lowest BCUT2D eigenvalue weighted by Crippen LogP contribution is -2.43. The van der Waals surface area contributed by atoms with Gasteiger partial charge in [-0.3, -0.25) is 4.98 Å². The van der Waals surface area contributed by atoms with Crippen LogP contribution in [-0.4, -0.2) is 42.2 Å². The molecule has 0 spiro atoms. The van der Waals surface area contributed by atoms with Gasteiger partial charge in [0.15, 0.2) is 0 Å². The Morgan fingerprint density at radius 3 is 2.94 bits per heavy atom. The molecular formula is C12H17N3O2. The average Bonchev–Trinajstić information content (AvgIpc) is 2.40. The van der Waals surface area contributed by atoms with Crippen molar-refractivity contribution in [1.82, 2.24) is 9.88 Å². The Hall–Kier alpha value is -1.62. The first-order valence-corrected chi connectivity index (χ1v) is 5.87. The highest BCUT2D eigenvalue weighted by atomic mass is 16.5. The number of nitrogens with zero attached hydrogens (tertiary/aromatic N) is 2. The summed E-state index contributed by atoms with van der Waals surface area (Å²) in [5.74, 6) is 0. The van der Waals surface area contributed by atoms with Crippen molar-refractivity contribution in [3.05, 3.63) is 24.0 Å². The fourth-order valence-electron chi connectivity index (χ4n) is 1.72. The van der Waals surface area contributed by atoms with Crippen LogP contribution < -0.4 is 5.32 Å². The minimum atomic E-state index is -0.0802. The second-order valence-corrected chi connectivity index (χ2v) is 3.96. The average molecular weight is 235 g/mol. The number of anilines is 1. The number of aryl methyl sites for hydroxylation is 1. The van der Waals surface area contributed by atoms with Crippen molar-refractivity contribution >= 4 is 11.7 Å². The van der Waals surface area contributed by atoms with E-state index in [1.165, 1.54) is 0 Å². The minimum Gasteiger partial charge on any atom is -0.378 e. The largest absolute Gasteiger partial charge is 0.378 e. The minimum absolute atomic E-state index is 0.0802. The molecule has 0 atom stereocenters. The fourth-order valence-corrected chi connectivity index (χ4v) is 1.72. The summed E-state index contributed by atoms with van der Waals surface area (Å²) >= 11 is 0. The number of hydrogen-bond acceptors (Lipinski definition) is 3. The zero-order valence-corrected chi connectivity index (χ0v) is 9.98. The van der Waals surface area contributed by atoms with Crippen molar-refractivity contribution < 1.29 is 9.53 Å². The van der Waals surface area contributed by atoms with Gasteiger partial charge in [-0.15, -0.1) is 0 Å². The van der Waals surface area contributed by atoms with Crippen LogP contribution in [0.3, 0.4) is 0 Å². The number of hydrogen-bond donors (Lipinski definition) is 1. The zero-order valence-electron chi connectivity index (χ0n) is 9.98. The summed E-state index contributed by atoms with van der Waals surface area (Å²) in [5.41, 5.74) is 1.87. The molecule has 0 aromatic carbocycles. The van der Waals surface area contributed by atoms with Crippen LogP contribution in [0.2, 0.25) is 0 Å². The molecule has 17 heavy (non-hydrogen) atoms. The van der Waals surface area contributed by atoms with Crippen LogP contribution in [0.1, 0.15) is 12.5 Å². The molecule has 0 unspecified atom stereocenters. The molecular weight excluding hydrogens is 218 g/mol.